The maximum absolute atomic E-state index is 12.1. The Kier molecular flexibility index (Phi) is 5.96. The SMILES string of the molecule is O=C(/C=C/c1ccc(C(=O)N/N=C/c2ccc3c(c2)OCCO3)cc1)CO. The largest absolute Gasteiger partial charge is 0.486 e. The van der Waals surface area contributed by atoms with E-state index in [4.69, 9.17) is 14.6 Å². The molecule has 0 saturated heterocycles. The fourth-order valence-electron chi connectivity index (χ4n) is 2.36. The topological polar surface area (TPSA) is 97.2 Å². The predicted molar refractivity (Wildman–Crippen MR) is 100 cm³/mol. The second-order valence-electron chi connectivity index (χ2n) is 5.68. The van der Waals surface area contributed by atoms with Gasteiger partial charge in [0, 0.05) is 5.56 Å². The molecular formula is C20H18N2O5. The Morgan fingerprint density at radius 2 is 1.74 bits per heavy atom. The molecule has 27 heavy (non-hydrogen) atoms. The molecule has 1 heterocycles. The number of hydrazone groups is 1. The van der Waals surface area contributed by atoms with Gasteiger partial charge >= 0.3 is 0 Å². The Hall–Kier alpha value is -3.45. The predicted octanol–water partition coefficient (Wildman–Crippen LogP) is 1.80. The van der Waals surface area contributed by atoms with Gasteiger partial charge in [-0.15, -0.1) is 0 Å². The van der Waals surface area contributed by atoms with Gasteiger partial charge in [-0.3, -0.25) is 9.59 Å². The van der Waals surface area contributed by atoms with Gasteiger partial charge in [0.05, 0.1) is 6.21 Å². The number of fused-ring (bicyclic) bond motifs is 1. The quantitative estimate of drug-likeness (QED) is 0.462. The summed E-state index contributed by atoms with van der Waals surface area (Å²) in [4.78, 5) is 23.2. The number of nitrogens with one attached hydrogen (secondary N) is 1. The van der Waals surface area contributed by atoms with Gasteiger partial charge in [-0.2, -0.15) is 5.10 Å². The first-order chi connectivity index (χ1) is 13.2. The van der Waals surface area contributed by atoms with E-state index in [0.29, 0.717) is 30.3 Å². The lowest BCUT2D eigenvalue weighted by molar-refractivity contribution is -0.117. The lowest BCUT2D eigenvalue weighted by Crippen LogP contribution is -2.17. The molecule has 0 saturated carbocycles. The first kappa shape index (κ1) is 18.3. The van der Waals surface area contributed by atoms with E-state index in [1.54, 1.807) is 42.5 Å². The van der Waals surface area contributed by atoms with Crippen LogP contribution in [-0.2, 0) is 4.79 Å². The summed E-state index contributed by atoms with van der Waals surface area (Å²) in [6.07, 6.45) is 4.38. The number of aliphatic hydroxyl groups excluding tert-OH is 1. The number of aliphatic hydroxyl groups is 1. The first-order valence-corrected chi connectivity index (χ1v) is 8.30. The van der Waals surface area contributed by atoms with E-state index in [0.717, 1.165) is 11.1 Å². The number of rotatable bonds is 6. The number of amides is 1. The molecule has 7 heteroatoms. The summed E-state index contributed by atoms with van der Waals surface area (Å²) in [5.74, 6) is 0.605. The van der Waals surface area contributed by atoms with Crippen molar-refractivity contribution < 1.29 is 24.2 Å². The molecule has 138 valence electrons. The van der Waals surface area contributed by atoms with Crippen molar-refractivity contribution in [3.05, 3.63) is 65.2 Å². The zero-order valence-corrected chi connectivity index (χ0v) is 14.4. The van der Waals surface area contributed by atoms with Crippen molar-refractivity contribution in [2.45, 2.75) is 0 Å². The maximum atomic E-state index is 12.1. The van der Waals surface area contributed by atoms with Gasteiger partial charge in [-0.25, -0.2) is 5.43 Å². The lowest BCUT2D eigenvalue weighted by Gasteiger charge is -2.18. The molecule has 1 amide bonds. The Morgan fingerprint density at radius 3 is 2.48 bits per heavy atom. The van der Waals surface area contributed by atoms with Crippen molar-refractivity contribution in [3.8, 4) is 11.5 Å². The van der Waals surface area contributed by atoms with E-state index in [9.17, 15) is 9.59 Å². The van der Waals surface area contributed by atoms with Crippen LogP contribution in [0.1, 0.15) is 21.5 Å². The number of hydrogen-bond acceptors (Lipinski definition) is 6. The highest BCUT2D eigenvalue weighted by Crippen LogP contribution is 2.30. The van der Waals surface area contributed by atoms with Crippen molar-refractivity contribution in [1.82, 2.24) is 5.43 Å². The molecule has 0 unspecified atom stereocenters. The number of benzene rings is 2. The Morgan fingerprint density at radius 1 is 1.04 bits per heavy atom. The molecule has 0 radical (unpaired) electrons. The van der Waals surface area contributed by atoms with Gasteiger partial charge in [-0.1, -0.05) is 18.2 Å². The minimum Gasteiger partial charge on any atom is -0.486 e. The Labute approximate surface area is 155 Å². The summed E-state index contributed by atoms with van der Waals surface area (Å²) < 4.78 is 10.9. The van der Waals surface area contributed by atoms with Gasteiger partial charge in [-0.05, 0) is 47.5 Å². The van der Waals surface area contributed by atoms with Gasteiger partial charge in [0.25, 0.3) is 5.91 Å². The molecule has 0 spiro atoms. The summed E-state index contributed by atoms with van der Waals surface area (Å²) in [5, 5.41) is 12.6. The van der Waals surface area contributed by atoms with E-state index < -0.39 is 6.61 Å². The monoisotopic (exact) mass is 366 g/mol. The van der Waals surface area contributed by atoms with Crippen LogP contribution in [0.2, 0.25) is 0 Å². The van der Waals surface area contributed by atoms with Gasteiger partial charge in [0.2, 0.25) is 0 Å². The third kappa shape index (κ3) is 5.02. The van der Waals surface area contributed by atoms with Gasteiger partial charge < -0.3 is 14.6 Å². The minimum absolute atomic E-state index is 0.356. The highest BCUT2D eigenvalue weighted by atomic mass is 16.6. The summed E-state index contributed by atoms with van der Waals surface area (Å²) in [6.45, 7) is 0.505. The van der Waals surface area contributed by atoms with Crippen molar-refractivity contribution in [3.63, 3.8) is 0 Å². The molecule has 0 atom stereocenters. The molecule has 0 fully saturated rings. The van der Waals surface area contributed by atoms with Crippen LogP contribution in [-0.4, -0.2) is 42.8 Å². The van der Waals surface area contributed by atoms with Crippen molar-refractivity contribution in [1.29, 1.82) is 0 Å². The molecule has 7 nitrogen and oxygen atoms in total. The van der Waals surface area contributed by atoms with Gasteiger partial charge in [0.15, 0.2) is 17.3 Å². The molecule has 3 rings (SSSR count). The molecule has 2 aromatic rings. The highest BCUT2D eigenvalue weighted by Gasteiger charge is 2.11. The first-order valence-electron chi connectivity index (χ1n) is 8.30. The Balaban J connectivity index is 1.58. The minimum atomic E-state index is -0.529. The normalized spacial score (nSPS) is 13.1. The number of hydrogen-bond donors (Lipinski definition) is 2. The number of carbonyl (C=O) groups is 2. The van der Waals surface area contributed by atoms with Crippen LogP contribution in [0.4, 0.5) is 0 Å². The molecule has 1 aliphatic rings. The average molecular weight is 366 g/mol. The number of nitrogens with zero attached hydrogens (tertiary/aromatic N) is 1. The van der Waals surface area contributed by atoms with Crippen molar-refractivity contribution in [2.24, 2.45) is 5.10 Å². The van der Waals surface area contributed by atoms with E-state index >= 15 is 0 Å². The highest BCUT2D eigenvalue weighted by molar-refractivity contribution is 5.96. The molecule has 2 N–H and O–H groups in total. The fraction of sp³-hybridized carbons (Fsp3) is 0.150. The molecule has 0 bridgehead atoms. The van der Waals surface area contributed by atoms with Crippen LogP contribution in [0.25, 0.3) is 6.08 Å². The van der Waals surface area contributed by atoms with Crippen LogP contribution >= 0.6 is 0 Å². The van der Waals surface area contributed by atoms with E-state index in [-0.39, 0.29) is 11.7 Å². The second kappa shape index (κ2) is 8.77. The van der Waals surface area contributed by atoms with Crippen LogP contribution in [0.15, 0.2) is 53.6 Å². The number of carbonyl (C=O) groups excluding carboxylic acids is 2. The lowest BCUT2D eigenvalue weighted by atomic mass is 10.1. The molecule has 0 aliphatic carbocycles. The summed E-state index contributed by atoms with van der Waals surface area (Å²) in [5.41, 5.74) is 4.41. The third-order valence-corrected chi connectivity index (χ3v) is 3.74. The maximum Gasteiger partial charge on any atom is 0.271 e. The van der Waals surface area contributed by atoms with Gasteiger partial charge in [0.1, 0.15) is 19.8 Å². The zero-order valence-electron chi connectivity index (χ0n) is 14.4. The third-order valence-electron chi connectivity index (χ3n) is 3.74. The van der Waals surface area contributed by atoms with Crippen LogP contribution in [0, 0.1) is 0 Å². The molecule has 0 aromatic heterocycles. The van der Waals surface area contributed by atoms with E-state index in [1.165, 1.54) is 12.3 Å². The smallest absolute Gasteiger partial charge is 0.271 e. The molecule has 1 aliphatic heterocycles. The number of ether oxygens (including phenoxy) is 2. The standard InChI is InChI=1S/C20H18N2O5/c23-13-17(24)7-3-14-1-5-16(6-2-14)20(25)22-21-12-15-4-8-18-19(11-15)27-10-9-26-18/h1-8,11-12,23H,9-10,13H2,(H,22,25)/b7-3+,21-12+. The van der Waals surface area contributed by atoms with Crippen LogP contribution < -0.4 is 14.9 Å². The van der Waals surface area contributed by atoms with Crippen molar-refractivity contribution in [2.75, 3.05) is 19.8 Å². The van der Waals surface area contributed by atoms with Crippen LogP contribution in [0.3, 0.4) is 0 Å². The number of ketones is 1. The fourth-order valence-corrected chi connectivity index (χ4v) is 2.36. The summed E-state index contributed by atoms with van der Waals surface area (Å²) in [7, 11) is 0. The second-order valence-corrected chi connectivity index (χ2v) is 5.68. The summed E-state index contributed by atoms with van der Waals surface area (Å²) >= 11 is 0. The molecule has 2 aromatic carbocycles. The average Bonchev–Trinajstić information content (AvgIpc) is 2.72. The van der Waals surface area contributed by atoms with E-state index in [1.807, 2.05) is 6.07 Å². The van der Waals surface area contributed by atoms with Crippen molar-refractivity contribution >= 4 is 24.0 Å². The Bertz CT molecular complexity index is 888. The summed E-state index contributed by atoms with van der Waals surface area (Å²) in [6, 6.07) is 12.0. The van der Waals surface area contributed by atoms with Crippen LogP contribution in [0.5, 0.6) is 11.5 Å². The zero-order chi connectivity index (χ0) is 19.1. The van der Waals surface area contributed by atoms with E-state index in [2.05, 4.69) is 10.5 Å². The molecular weight excluding hydrogens is 348 g/mol.